The van der Waals surface area contributed by atoms with E-state index in [1.807, 2.05) is 26.0 Å². The Morgan fingerprint density at radius 1 is 1.22 bits per heavy atom. The molecule has 0 unspecified atom stereocenters. The Morgan fingerprint density at radius 3 is 2.28 bits per heavy atom. The Bertz CT molecular complexity index is 341. The summed E-state index contributed by atoms with van der Waals surface area (Å²) < 4.78 is 5.14. The first-order valence-corrected chi connectivity index (χ1v) is 6.52. The highest BCUT2D eigenvalue weighted by molar-refractivity contribution is 5.27. The van der Waals surface area contributed by atoms with Gasteiger partial charge in [0.15, 0.2) is 0 Å². The van der Waals surface area contributed by atoms with Crippen LogP contribution in [-0.4, -0.2) is 42.4 Å². The molecule has 0 heterocycles. The number of nitrogens with zero attached hydrogens (tertiary/aromatic N) is 1. The van der Waals surface area contributed by atoms with Gasteiger partial charge in [-0.15, -0.1) is 0 Å². The van der Waals surface area contributed by atoms with Gasteiger partial charge in [-0.1, -0.05) is 19.1 Å². The van der Waals surface area contributed by atoms with Gasteiger partial charge in [0.05, 0.1) is 12.7 Å². The van der Waals surface area contributed by atoms with Crippen LogP contribution < -0.4 is 4.74 Å². The molecule has 18 heavy (non-hydrogen) atoms. The second-order valence-corrected chi connectivity index (χ2v) is 5.28. The molecule has 0 amide bonds. The minimum absolute atomic E-state index is 0.629. The summed E-state index contributed by atoms with van der Waals surface area (Å²) >= 11 is 0. The zero-order valence-electron chi connectivity index (χ0n) is 11.9. The van der Waals surface area contributed by atoms with E-state index in [9.17, 15) is 5.11 Å². The van der Waals surface area contributed by atoms with E-state index in [0.29, 0.717) is 6.54 Å². The quantitative estimate of drug-likeness (QED) is 0.807. The first-order valence-electron chi connectivity index (χ1n) is 6.52. The van der Waals surface area contributed by atoms with E-state index in [1.165, 1.54) is 5.56 Å². The Balaban J connectivity index is 2.46. The van der Waals surface area contributed by atoms with Crippen molar-refractivity contribution >= 4 is 0 Å². The molecule has 0 aliphatic rings. The van der Waals surface area contributed by atoms with Crippen LogP contribution in [0.4, 0.5) is 0 Å². The van der Waals surface area contributed by atoms with Crippen LogP contribution in [0.2, 0.25) is 0 Å². The predicted molar refractivity (Wildman–Crippen MR) is 75.1 cm³/mol. The van der Waals surface area contributed by atoms with E-state index in [0.717, 1.165) is 25.3 Å². The number of benzene rings is 1. The van der Waals surface area contributed by atoms with Crippen LogP contribution in [0.25, 0.3) is 0 Å². The fraction of sp³-hybridized carbons (Fsp3) is 0.600. The highest BCUT2D eigenvalue weighted by Gasteiger charge is 2.16. The minimum atomic E-state index is -0.629. The molecule has 0 saturated heterocycles. The van der Waals surface area contributed by atoms with Crippen LogP contribution in [0.3, 0.4) is 0 Å². The smallest absolute Gasteiger partial charge is 0.118 e. The lowest BCUT2D eigenvalue weighted by Crippen LogP contribution is -2.39. The maximum Gasteiger partial charge on any atom is 0.118 e. The topological polar surface area (TPSA) is 32.7 Å². The number of hydrogen-bond donors (Lipinski definition) is 1. The van der Waals surface area contributed by atoms with Crippen molar-refractivity contribution in [1.29, 1.82) is 0 Å². The predicted octanol–water partition coefficient (Wildman–Crippen LogP) is 2.33. The van der Waals surface area contributed by atoms with Crippen molar-refractivity contribution in [2.24, 2.45) is 0 Å². The van der Waals surface area contributed by atoms with Crippen molar-refractivity contribution in [2.45, 2.75) is 32.8 Å². The number of ether oxygens (including phenoxy) is 1. The SMILES string of the molecule is CCN(CCc1ccc(OC)cc1)CC(C)(C)O. The molecular formula is C15H25NO2. The molecular weight excluding hydrogens is 226 g/mol. The minimum Gasteiger partial charge on any atom is -0.497 e. The molecule has 0 aliphatic heterocycles. The van der Waals surface area contributed by atoms with Crippen molar-refractivity contribution in [1.82, 2.24) is 4.90 Å². The Morgan fingerprint density at radius 2 is 1.83 bits per heavy atom. The molecule has 1 aromatic carbocycles. The lowest BCUT2D eigenvalue weighted by molar-refractivity contribution is 0.0382. The van der Waals surface area contributed by atoms with Gasteiger partial charge in [-0.2, -0.15) is 0 Å². The van der Waals surface area contributed by atoms with Gasteiger partial charge < -0.3 is 14.7 Å². The highest BCUT2D eigenvalue weighted by Crippen LogP contribution is 2.12. The van der Waals surface area contributed by atoms with Crippen LogP contribution >= 0.6 is 0 Å². The van der Waals surface area contributed by atoms with Gasteiger partial charge in [-0.05, 0) is 44.5 Å². The average Bonchev–Trinajstić information content (AvgIpc) is 2.33. The normalized spacial score (nSPS) is 11.9. The van der Waals surface area contributed by atoms with Gasteiger partial charge in [0.25, 0.3) is 0 Å². The number of methoxy groups -OCH3 is 1. The van der Waals surface area contributed by atoms with Gasteiger partial charge in [0, 0.05) is 13.1 Å². The molecule has 102 valence electrons. The van der Waals surface area contributed by atoms with Gasteiger partial charge >= 0.3 is 0 Å². The number of likely N-dealkylation sites (N-methyl/N-ethyl adjacent to an activating group) is 1. The number of rotatable bonds is 7. The Kier molecular flexibility index (Phi) is 5.63. The molecule has 3 heteroatoms. The van der Waals surface area contributed by atoms with E-state index in [-0.39, 0.29) is 0 Å². The molecule has 1 rings (SSSR count). The molecule has 3 nitrogen and oxygen atoms in total. The van der Waals surface area contributed by atoms with Crippen LogP contribution in [-0.2, 0) is 6.42 Å². The Hall–Kier alpha value is -1.06. The largest absolute Gasteiger partial charge is 0.497 e. The van der Waals surface area contributed by atoms with Crippen LogP contribution in [0.15, 0.2) is 24.3 Å². The van der Waals surface area contributed by atoms with Crippen molar-refractivity contribution < 1.29 is 9.84 Å². The first-order chi connectivity index (χ1) is 8.44. The van der Waals surface area contributed by atoms with Crippen molar-refractivity contribution in [3.8, 4) is 5.75 Å². The second kappa shape index (κ2) is 6.76. The van der Waals surface area contributed by atoms with Crippen LogP contribution in [0, 0.1) is 0 Å². The molecule has 0 aliphatic carbocycles. The standard InChI is InChI=1S/C15H25NO2/c1-5-16(12-15(2,3)17)11-10-13-6-8-14(18-4)9-7-13/h6-9,17H,5,10-12H2,1-4H3. The van der Waals surface area contributed by atoms with E-state index in [1.54, 1.807) is 7.11 Å². The summed E-state index contributed by atoms with van der Waals surface area (Å²) in [6.07, 6.45) is 0.994. The van der Waals surface area contributed by atoms with E-state index >= 15 is 0 Å². The second-order valence-electron chi connectivity index (χ2n) is 5.28. The van der Waals surface area contributed by atoms with E-state index < -0.39 is 5.60 Å². The molecule has 0 fully saturated rings. The summed E-state index contributed by atoms with van der Waals surface area (Å²) in [4.78, 5) is 2.27. The molecule has 0 bridgehead atoms. The molecule has 1 N–H and O–H groups in total. The average molecular weight is 251 g/mol. The summed E-state index contributed by atoms with van der Waals surface area (Å²) in [6, 6.07) is 8.16. The summed E-state index contributed by atoms with van der Waals surface area (Å²) in [5.74, 6) is 0.891. The van der Waals surface area contributed by atoms with Crippen LogP contribution in [0.5, 0.6) is 5.75 Å². The molecule has 0 aromatic heterocycles. The fourth-order valence-electron chi connectivity index (χ4n) is 1.98. The van der Waals surface area contributed by atoms with Gasteiger partial charge in [-0.3, -0.25) is 0 Å². The van der Waals surface area contributed by atoms with E-state index in [4.69, 9.17) is 4.74 Å². The third-order valence-corrected chi connectivity index (χ3v) is 2.93. The number of aliphatic hydroxyl groups is 1. The Labute approximate surface area is 110 Å². The zero-order chi connectivity index (χ0) is 13.6. The summed E-state index contributed by atoms with van der Waals surface area (Å²) in [6.45, 7) is 8.46. The summed E-state index contributed by atoms with van der Waals surface area (Å²) in [5, 5.41) is 9.83. The monoisotopic (exact) mass is 251 g/mol. The summed E-state index contributed by atoms with van der Waals surface area (Å²) in [5.41, 5.74) is 0.667. The third kappa shape index (κ3) is 5.52. The maximum absolute atomic E-state index is 9.83. The molecule has 1 aromatic rings. The van der Waals surface area contributed by atoms with Crippen LogP contribution in [0.1, 0.15) is 26.3 Å². The zero-order valence-corrected chi connectivity index (χ0v) is 11.9. The highest BCUT2D eigenvalue weighted by atomic mass is 16.5. The van der Waals surface area contributed by atoms with Gasteiger partial charge in [-0.25, -0.2) is 0 Å². The maximum atomic E-state index is 9.83. The lowest BCUT2D eigenvalue weighted by atomic mass is 10.1. The number of hydrogen-bond acceptors (Lipinski definition) is 3. The lowest BCUT2D eigenvalue weighted by Gasteiger charge is -2.27. The first kappa shape index (κ1) is 15.0. The third-order valence-electron chi connectivity index (χ3n) is 2.93. The fourth-order valence-corrected chi connectivity index (χ4v) is 1.98. The molecule has 0 spiro atoms. The van der Waals surface area contributed by atoms with E-state index in [2.05, 4.69) is 24.0 Å². The molecule has 0 saturated carbocycles. The molecule has 0 atom stereocenters. The van der Waals surface area contributed by atoms with Crippen molar-refractivity contribution in [3.05, 3.63) is 29.8 Å². The van der Waals surface area contributed by atoms with Crippen molar-refractivity contribution in [2.75, 3.05) is 26.7 Å². The summed E-state index contributed by atoms with van der Waals surface area (Å²) in [7, 11) is 1.68. The van der Waals surface area contributed by atoms with Gasteiger partial charge in [0.2, 0.25) is 0 Å². The van der Waals surface area contributed by atoms with Gasteiger partial charge in [0.1, 0.15) is 5.75 Å². The van der Waals surface area contributed by atoms with Crippen molar-refractivity contribution in [3.63, 3.8) is 0 Å². The molecule has 0 radical (unpaired) electrons.